The molecule has 0 saturated carbocycles. The second-order valence-corrected chi connectivity index (χ2v) is 6.31. The molecule has 0 saturated heterocycles. The van der Waals surface area contributed by atoms with E-state index in [1.165, 1.54) is 0 Å². The van der Waals surface area contributed by atoms with E-state index < -0.39 is 0 Å². The Bertz CT molecular complexity index is 777. The van der Waals surface area contributed by atoms with Gasteiger partial charge in [-0.15, -0.1) is 6.58 Å². The van der Waals surface area contributed by atoms with Crippen molar-refractivity contribution >= 4 is 44.9 Å². The zero-order valence-corrected chi connectivity index (χ0v) is 14.8. The van der Waals surface area contributed by atoms with Crippen molar-refractivity contribution in [3.8, 4) is 0 Å². The second-order valence-electron chi connectivity index (χ2n) is 5.01. The summed E-state index contributed by atoms with van der Waals surface area (Å²) < 4.78 is 1.01. The minimum Gasteiger partial charge on any atom is -0.357 e. The summed E-state index contributed by atoms with van der Waals surface area (Å²) in [5, 5.41) is 3.42. The Balaban J connectivity index is 2.04. The van der Waals surface area contributed by atoms with Crippen molar-refractivity contribution in [2.24, 2.45) is 9.98 Å². The number of nitrogens with zero attached hydrogens (tertiary/aromatic N) is 3. The maximum atomic E-state index is 5.27. The zero-order chi connectivity index (χ0) is 16.2. The van der Waals surface area contributed by atoms with E-state index >= 15 is 0 Å². The second kappa shape index (κ2) is 7.02. The summed E-state index contributed by atoms with van der Waals surface area (Å²) in [5.74, 6) is 1.46. The van der Waals surface area contributed by atoms with Crippen molar-refractivity contribution in [3.63, 3.8) is 0 Å². The molecule has 0 bridgehead atoms. The van der Waals surface area contributed by atoms with Crippen molar-refractivity contribution in [3.05, 3.63) is 70.9 Å². The molecule has 4 nitrogen and oxygen atoms in total. The fourth-order valence-electron chi connectivity index (χ4n) is 2.35. The van der Waals surface area contributed by atoms with Crippen LogP contribution in [-0.2, 0) is 6.54 Å². The molecule has 3 rings (SSSR count). The van der Waals surface area contributed by atoms with Crippen molar-refractivity contribution in [1.82, 2.24) is 10.2 Å². The molecular formula is C17H15BrN4S. The number of hydrogen-bond acceptors (Lipinski definition) is 2. The normalized spacial score (nSPS) is 17.6. The van der Waals surface area contributed by atoms with Crippen molar-refractivity contribution in [2.45, 2.75) is 6.54 Å². The fourth-order valence-corrected chi connectivity index (χ4v) is 2.89. The van der Waals surface area contributed by atoms with Crippen molar-refractivity contribution in [2.75, 3.05) is 6.54 Å². The van der Waals surface area contributed by atoms with Gasteiger partial charge in [-0.2, -0.15) is 0 Å². The van der Waals surface area contributed by atoms with E-state index in [0.29, 0.717) is 17.5 Å². The van der Waals surface area contributed by atoms with Crippen LogP contribution in [0.25, 0.3) is 0 Å². The third-order valence-electron chi connectivity index (χ3n) is 3.39. The van der Waals surface area contributed by atoms with Gasteiger partial charge in [0.2, 0.25) is 0 Å². The zero-order valence-electron chi connectivity index (χ0n) is 12.4. The Hall–Kier alpha value is -2.05. The van der Waals surface area contributed by atoms with Gasteiger partial charge in [-0.05, 0) is 45.9 Å². The molecule has 2 aliphatic heterocycles. The average molecular weight is 387 g/mol. The van der Waals surface area contributed by atoms with Gasteiger partial charge in [0.1, 0.15) is 5.84 Å². The highest BCUT2D eigenvalue weighted by atomic mass is 79.9. The first-order valence-corrected chi connectivity index (χ1v) is 8.34. The summed E-state index contributed by atoms with van der Waals surface area (Å²) in [6, 6.07) is 8.12. The molecule has 2 heterocycles. The number of hydrogen-bond donors (Lipinski definition) is 1. The van der Waals surface area contributed by atoms with E-state index in [9.17, 15) is 0 Å². The Morgan fingerprint density at radius 2 is 2.26 bits per heavy atom. The molecule has 0 aromatic heterocycles. The molecule has 1 aromatic carbocycles. The van der Waals surface area contributed by atoms with E-state index in [0.717, 1.165) is 28.0 Å². The van der Waals surface area contributed by atoms with E-state index in [4.69, 9.17) is 17.2 Å². The lowest BCUT2D eigenvalue weighted by Crippen LogP contribution is -2.25. The number of halogens is 1. The number of allylic oxidation sites excluding steroid dienone is 2. The molecule has 2 aliphatic rings. The number of fused-ring (bicyclic) bond motifs is 2. The van der Waals surface area contributed by atoms with Gasteiger partial charge in [0.05, 0.1) is 0 Å². The fraction of sp³-hybridized carbons (Fsp3) is 0.118. The van der Waals surface area contributed by atoms with Crippen LogP contribution in [-0.4, -0.2) is 28.2 Å². The standard InChI is InChI=1S/C17H15BrN4S/c1-2-9-19-17(23)21-16-14-6-4-3-5-12(14)10-22-11-13(18)7-8-15(22)20-16/h2-8,11H,1,9-10H2,(H,19,23)/b21-16+. The van der Waals surface area contributed by atoms with Crippen LogP contribution in [0.2, 0.25) is 0 Å². The van der Waals surface area contributed by atoms with Crippen LogP contribution in [0.5, 0.6) is 0 Å². The Morgan fingerprint density at radius 1 is 1.43 bits per heavy atom. The van der Waals surface area contributed by atoms with Gasteiger partial charge in [-0.1, -0.05) is 30.3 Å². The number of rotatable bonds is 2. The Labute approximate surface area is 149 Å². The topological polar surface area (TPSA) is 40.0 Å². The Morgan fingerprint density at radius 3 is 3.09 bits per heavy atom. The first-order valence-electron chi connectivity index (χ1n) is 7.14. The maximum absolute atomic E-state index is 5.27. The maximum Gasteiger partial charge on any atom is 0.195 e. The SMILES string of the molecule is C=CCNC(=S)/N=C1/N=C2C=CC(Br)=CN2Cc2ccccc21. The molecule has 0 radical (unpaired) electrons. The summed E-state index contributed by atoms with van der Waals surface area (Å²) in [6.07, 6.45) is 7.70. The van der Waals surface area contributed by atoms with Crippen LogP contribution in [0.4, 0.5) is 0 Å². The van der Waals surface area contributed by atoms with Crippen LogP contribution in [0, 0.1) is 0 Å². The van der Waals surface area contributed by atoms with Gasteiger partial charge < -0.3 is 10.2 Å². The summed E-state index contributed by atoms with van der Waals surface area (Å²) in [7, 11) is 0. The highest BCUT2D eigenvalue weighted by Crippen LogP contribution is 2.23. The van der Waals surface area contributed by atoms with Crippen LogP contribution in [0.3, 0.4) is 0 Å². The van der Waals surface area contributed by atoms with Crippen molar-refractivity contribution < 1.29 is 0 Å². The van der Waals surface area contributed by atoms with Gasteiger partial charge >= 0.3 is 0 Å². The monoisotopic (exact) mass is 386 g/mol. The van der Waals surface area contributed by atoms with Gasteiger partial charge in [-0.3, -0.25) is 0 Å². The smallest absolute Gasteiger partial charge is 0.195 e. The summed E-state index contributed by atoms with van der Waals surface area (Å²) >= 11 is 8.78. The van der Waals surface area contributed by atoms with Gasteiger partial charge in [0, 0.05) is 29.3 Å². The molecule has 0 amide bonds. The minimum absolute atomic E-state index is 0.406. The number of thiocarbonyl (C=S) groups is 1. The minimum atomic E-state index is 0.406. The van der Waals surface area contributed by atoms with E-state index in [1.54, 1.807) is 6.08 Å². The summed E-state index contributed by atoms with van der Waals surface area (Å²) in [5.41, 5.74) is 2.15. The van der Waals surface area contributed by atoms with Gasteiger partial charge in [-0.25, -0.2) is 9.98 Å². The summed E-state index contributed by atoms with van der Waals surface area (Å²) in [4.78, 5) is 11.3. The van der Waals surface area contributed by atoms with Crippen LogP contribution < -0.4 is 5.32 Å². The lowest BCUT2D eigenvalue weighted by molar-refractivity contribution is 0.555. The largest absolute Gasteiger partial charge is 0.357 e. The van der Waals surface area contributed by atoms with Crippen LogP contribution in [0.15, 0.2) is 69.7 Å². The average Bonchev–Trinajstić information content (AvgIpc) is 2.69. The molecule has 23 heavy (non-hydrogen) atoms. The predicted molar refractivity (Wildman–Crippen MR) is 103 cm³/mol. The van der Waals surface area contributed by atoms with Crippen molar-refractivity contribution in [1.29, 1.82) is 0 Å². The quantitative estimate of drug-likeness (QED) is 0.624. The van der Waals surface area contributed by atoms with Gasteiger partial charge in [0.15, 0.2) is 10.9 Å². The van der Waals surface area contributed by atoms with E-state index in [1.807, 2.05) is 36.6 Å². The van der Waals surface area contributed by atoms with E-state index in [2.05, 4.69) is 43.8 Å². The van der Waals surface area contributed by atoms with E-state index in [-0.39, 0.29) is 0 Å². The highest BCUT2D eigenvalue weighted by Gasteiger charge is 2.21. The predicted octanol–water partition coefficient (Wildman–Crippen LogP) is 3.51. The molecule has 0 aliphatic carbocycles. The lowest BCUT2D eigenvalue weighted by atomic mass is 10.1. The molecule has 0 spiro atoms. The highest BCUT2D eigenvalue weighted by molar-refractivity contribution is 9.11. The van der Waals surface area contributed by atoms with Gasteiger partial charge in [0.25, 0.3) is 0 Å². The lowest BCUT2D eigenvalue weighted by Gasteiger charge is -2.21. The number of nitrogens with one attached hydrogen (secondary N) is 1. The van der Waals surface area contributed by atoms with Crippen LogP contribution in [0.1, 0.15) is 11.1 Å². The molecule has 116 valence electrons. The number of aliphatic imine (C=N–C) groups is 2. The molecular weight excluding hydrogens is 372 g/mol. The number of benzene rings is 1. The first-order chi connectivity index (χ1) is 11.2. The summed E-state index contributed by atoms with van der Waals surface area (Å²) in [6.45, 7) is 4.98. The molecule has 6 heteroatoms. The molecule has 0 atom stereocenters. The van der Waals surface area contributed by atoms with Crippen LogP contribution >= 0.6 is 28.1 Å². The molecule has 1 N–H and O–H groups in total. The third-order valence-corrected chi connectivity index (χ3v) is 4.09. The number of amidine groups is 2. The molecule has 0 unspecified atom stereocenters. The Kier molecular flexibility index (Phi) is 4.83. The molecule has 1 aromatic rings. The first kappa shape index (κ1) is 15.8. The third kappa shape index (κ3) is 3.65. The molecule has 0 fully saturated rings.